The number of fused-ring (bicyclic) bond motifs is 4. The number of nitrogen functional groups attached to an aromatic ring is 2. The lowest BCUT2D eigenvalue weighted by Gasteiger charge is -2.38. The summed E-state index contributed by atoms with van der Waals surface area (Å²) in [5.41, 5.74) is 20.7. The van der Waals surface area contributed by atoms with Crippen molar-refractivity contribution in [2.45, 2.75) is 81.6 Å². The third-order valence-corrected chi connectivity index (χ3v) is 18.3. The van der Waals surface area contributed by atoms with E-state index in [2.05, 4.69) is 49.1 Å². The largest absolute Gasteiger partial charge is 0.383 e. The Balaban J connectivity index is 0.000000148. The summed E-state index contributed by atoms with van der Waals surface area (Å²) in [7, 11) is 0. The van der Waals surface area contributed by atoms with E-state index in [1.54, 1.807) is 0 Å². The van der Waals surface area contributed by atoms with E-state index in [4.69, 9.17) is 31.1 Å². The number of morpholine rings is 2. The summed E-state index contributed by atoms with van der Waals surface area (Å²) in [6, 6.07) is 32.8. The van der Waals surface area contributed by atoms with E-state index in [9.17, 15) is 9.90 Å². The normalized spacial score (nSPS) is 21.0. The van der Waals surface area contributed by atoms with Crippen LogP contribution >= 0.6 is 22.7 Å². The number of rotatable bonds is 10. The number of aliphatic hydroxyl groups excluding tert-OH is 1. The molecule has 1 atom stereocenters. The van der Waals surface area contributed by atoms with Crippen molar-refractivity contribution < 1.29 is 19.4 Å². The van der Waals surface area contributed by atoms with E-state index in [0.29, 0.717) is 39.3 Å². The van der Waals surface area contributed by atoms with Crippen molar-refractivity contribution in [3.05, 3.63) is 131 Å². The maximum absolute atomic E-state index is 13.2. The second-order valence-corrected chi connectivity index (χ2v) is 22.8. The first-order valence-electron chi connectivity index (χ1n) is 27.1. The Labute approximate surface area is 458 Å². The van der Waals surface area contributed by atoms with Crippen LogP contribution in [0.3, 0.4) is 0 Å². The lowest BCUT2D eigenvalue weighted by Crippen LogP contribution is -2.45. The Hall–Kier alpha value is -7.17. The first-order chi connectivity index (χ1) is 38.3. The van der Waals surface area contributed by atoms with Crippen LogP contribution in [0.15, 0.2) is 110 Å². The lowest BCUT2D eigenvalue weighted by atomic mass is 9.90. The number of aromatic nitrogens is 10. The molecule has 20 heteroatoms. The molecule has 0 amide bonds. The number of para-hydroxylation sites is 2. The van der Waals surface area contributed by atoms with Gasteiger partial charge in [-0.25, -0.2) is 39.3 Å². The van der Waals surface area contributed by atoms with Crippen molar-refractivity contribution in [1.82, 2.24) is 59.3 Å². The molecule has 4 aliphatic rings. The van der Waals surface area contributed by atoms with Crippen molar-refractivity contribution in [3.63, 3.8) is 0 Å². The van der Waals surface area contributed by atoms with E-state index in [1.165, 1.54) is 35.3 Å². The number of benzene rings is 4. The standard InChI is InChI=1S/C29H31N7O2S.C29H29N7O2S/c2*30-27-24-25(18-5-7-19(8-6-18)26(37)29-33-22-3-1-2-4-23(22)39-29)34-36(28(24)32-17-31-27)21-11-9-20(10-12-21)35-13-15-38-16-14-35/h1-8,17,20-21,26,37H,9-16H2,(H2,30,31,32);1-8,17,20-21H,9-16H2,(H2,30,31,32). The maximum Gasteiger partial charge on any atom is 0.221 e. The molecule has 1 unspecified atom stereocenters. The van der Waals surface area contributed by atoms with Gasteiger partial charge >= 0.3 is 0 Å². The molecule has 4 fully saturated rings. The Bertz CT molecular complexity index is 3670. The summed E-state index contributed by atoms with van der Waals surface area (Å²) in [6.45, 7) is 7.41. The number of nitrogens with zero attached hydrogens (tertiary/aromatic N) is 12. The van der Waals surface area contributed by atoms with Gasteiger partial charge in [0, 0.05) is 55.0 Å². The van der Waals surface area contributed by atoms with Gasteiger partial charge in [0.15, 0.2) is 16.3 Å². The molecular weight excluding hydrogens is 1020 g/mol. The summed E-state index contributed by atoms with van der Waals surface area (Å²) < 4.78 is 17.3. The van der Waals surface area contributed by atoms with Crippen LogP contribution < -0.4 is 11.5 Å². The van der Waals surface area contributed by atoms with Crippen LogP contribution in [0.4, 0.5) is 11.6 Å². The third kappa shape index (κ3) is 9.90. The monoisotopic (exact) mass is 1080 g/mol. The van der Waals surface area contributed by atoms with Gasteiger partial charge in [0.1, 0.15) is 46.8 Å². The second-order valence-electron chi connectivity index (χ2n) is 20.7. The van der Waals surface area contributed by atoms with Crippen LogP contribution in [0.25, 0.3) is 65.0 Å². The predicted octanol–water partition coefficient (Wildman–Crippen LogP) is 9.31. The number of anilines is 2. The highest BCUT2D eigenvalue weighted by molar-refractivity contribution is 7.20. The predicted molar refractivity (Wildman–Crippen MR) is 304 cm³/mol. The molecule has 0 bridgehead atoms. The smallest absolute Gasteiger partial charge is 0.221 e. The molecule has 2 saturated carbocycles. The topological polar surface area (TPSA) is 227 Å². The van der Waals surface area contributed by atoms with Crippen molar-refractivity contribution in [2.24, 2.45) is 0 Å². The number of hydrogen-bond acceptors (Lipinski definition) is 18. The van der Waals surface area contributed by atoms with Gasteiger partial charge in [-0.05, 0) is 81.2 Å². The van der Waals surface area contributed by atoms with E-state index >= 15 is 0 Å². The van der Waals surface area contributed by atoms with E-state index in [0.717, 1.165) is 175 Å². The fraction of sp³-hybridized carbons (Fsp3) is 0.362. The van der Waals surface area contributed by atoms with Gasteiger partial charge in [-0.1, -0.05) is 72.8 Å². The van der Waals surface area contributed by atoms with E-state index in [-0.39, 0.29) is 17.9 Å². The molecule has 6 aromatic heterocycles. The van der Waals surface area contributed by atoms with E-state index < -0.39 is 6.10 Å². The highest BCUT2D eigenvalue weighted by atomic mass is 32.1. The number of carbonyl (C=O) groups excluding carboxylic acids is 1. The Kier molecular flexibility index (Phi) is 14.2. The van der Waals surface area contributed by atoms with Crippen LogP contribution in [0.1, 0.15) is 95.5 Å². The summed E-state index contributed by atoms with van der Waals surface area (Å²) in [5, 5.41) is 23.9. The fourth-order valence-electron chi connectivity index (χ4n) is 12.0. The molecular formula is C58H60N14O4S2. The van der Waals surface area contributed by atoms with Crippen molar-refractivity contribution in [2.75, 3.05) is 64.1 Å². The van der Waals surface area contributed by atoms with Crippen molar-refractivity contribution in [3.8, 4) is 22.5 Å². The van der Waals surface area contributed by atoms with Gasteiger partial charge in [-0.2, -0.15) is 10.2 Å². The summed E-state index contributed by atoms with van der Waals surface area (Å²) >= 11 is 2.93. The first kappa shape index (κ1) is 50.3. The quantitative estimate of drug-likeness (QED) is 0.108. The molecule has 10 aromatic rings. The molecule has 18 nitrogen and oxygen atoms in total. The minimum atomic E-state index is -0.791. The van der Waals surface area contributed by atoms with Gasteiger partial charge in [0.25, 0.3) is 0 Å². The Morgan fingerprint density at radius 2 is 1.00 bits per heavy atom. The molecule has 0 radical (unpaired) electrons. The molecule has 0 spiro atoms. The summed E-state index contributed by atoms with van der Waals surface area (Å²) in [4.78, 5) is 45.2. The zero-order valence-electron chi connectivity index (χ0n) is 43.1. The molecule has 14 rings (SSSR count). The van der Waals surface area contributed by atoms with Gasteiger partial charge in [-0.15, -0.1) is 22.7 Å². The third-order valence-electron chi connectivity index (χ3n) is 16.1. The lowest BCUT2D eigenvalue weighted by molar-refractivity contribution is 0.00518. The van der Waals surface area contributed by atoms with E-state index in [1.807, 2.05) is 97.1 Å². The number of thiazole rings is 2. The average molecular weight is 1080 g/mol. The second kappa shape index (κ2) is 21.9. The number of nitrogens with two attached hydrogens (primary N) is 2. The zero-order chi connectivity index (χ0) is 52.7. The number of carbonyl (C=O) groups is 1. The van der Waals surface area contributed by atoms with Crippen molar-refractivity contribution >= 4 is 82.6 Å². The molecule has 8 heterocycles. The van der Waals surface area contributed by atoms with Crippen LogP contribution in [-0.2, 0) is 9.47 Å². The molecule has 78 heavy (non-hydrogen) atoms. The average Bonchev–Trinajstić information content (AvgIpc) is 4.43. The van der Waals surface area contributed by atoms with Crippen LogP contribution in [-0.4, -0.2) is 135 Å². The maximum atomic E-state index is 13.2. The molecule has 5 N–H and O–H groups in total. The molecule has 398 valence electrons. The summed E-state index contributed by atoms with van der Waals surface area (Å²) in [6.07, 6.45) is 11.0. The number of ether oxygens (including phenoxy) is 2. The van der Waals surface area contributed by atoms with Crippen LogP contribution in [0.5, 0.6) is 0 Å². The molecule has 2 saturated heterocycles. The first-order valence-corrected chi connectivity index (χ1v) is 28.7. The van der Waals surface area contributed by atoms with Gasteiger partial charge < -0.3 is 26.0 Å². The van der Waals surface area contributed by atoms with Gasteiger partial charge in [0.2, 0.25) is 5.78 Å². The Morgan fingerprint density at radius 3 is 1.49 bits per heavy atom. The number of aliphatic hydroxyl groups is 1. The number of hydrogen-bond donors (Lipinski definition) is 3. The summed E-state index contributed by atoms with van der Waals surface area (Å²) in [5.74, 6) is 0.762. The molecule has 2 aliphatic carbocycles. The molecule has 2 aliphatic heterocycles. The SMILES string of the molecule is Nc1ncnc2c1c(-c1ccc(C(=O)c3nc4ccccc4s3)cc1)nn2C1CCC(N2CCOCC2)CC1.Nc1ncnc2c1c(-c1ccc(C(O)c3nc4ccccc4s3)cc1)nn2C1CCC(N2CCOCC2)CC1. The van der Waals surface area contributed by atoms with Gasteiger partial charge in [0.05, 0.1) is 69.7 Å². The van der Waals surface area contributed by atoms with Crippen molar-refractivity contribution in [1.29, 1.82) is 0 Å². The van der Waals surface area contributed by atoms with Crippen LogP contribution in [0.2, 0.25) is 0 Å². The highest BCUT2D eigenvalue weighted by Crippen LogP contribution is 2.40. The van der Waals surface area contributed by atoms with Gasteiger partial charge in [-0.3, -0.25) is 14.6 Å². The van der Waals surface area contributed by atoms with Crippen LogP contribution in [0, 0.1) is 0 Å². The minimum absolute atomic E-state index is 0.0852. The highest BCUT2D eigenvalue weighted by Gasteiger charge is 2.33. The zero-order valence-corrected chi connectivity index (χ0v) is 44.7. The number of ketones is 1. The Morgan fingerprint density at radius 1 is 0.551 bits per heavy atom. The fourth-order valence-corrected chi connectivity index (χ4v) is 13.9. The molecule has 4 aromatic carbocycles. The minimum Gasteiger partial charge on any atom is -0.383 e.